The molecule has 6 nitrogen and oxygen atoms in total. The number of carbonyl (C=O) groups is 2. The minimum atomic E-state index is -0.724. The highest BCUT2D eigenvalue weighted by molar-refractivity contribution is 7.14. The monoisotopic (exact) mass is 483 g/mol. The van der Waals surface area contributed by atoms with Crippen LogP contribution in [-0.2, 0) is 16.6 Å². The molecule has 4 unspecified atom stereocenters. The van der Waals surface area contributed by atoms with Gasteiger partial charge in [-0.15, -0.1) is 11.3 Å². The second kappa shape index (κ2) is 9.13. The van der Waals surface area contributed by atoms with E-state index in [9.17, 15) is 19.1 Å². The van der Waals surface area contributed by atoms with Crippen molar-refractivity contribution in [1.29, 1.82) is 0 Å². The van der Waals surface area contributed by atoms with Crippen molar-refractivity contribution < 1.29 is 19.1 Å². The number of carbonyl (C=O) groups excluding carboxylic acids is 1. The Labute approximate surface area is 202 Å². The Morgan fingerprint density at radius 3 is 2.79 bits per heavy atom. The number of rotatable bonds is 5. The van der Waals surface area contributed by atoms with Gasteiger partial charge in [0.2, 0.25) is 5.91 Å². The lowest BCUT2D eigenvalue weighted by Crippen LogP contribution is -2.53. The zero-order chi connectivity index (χ0) is 24.0. The molecule has 1 amide bonds. The Morgan fingerprint density at radius 1 is 1.24 bits per heavy atom. The Bertz CT molecular complexity index is 1240. The van der Waals surface area contributed by atoms with Gasteiger partial charge in [-0.25, -0.2) is 4.98 Å². The van der Waals surface area contributed by atoms with E-state index in [1.54, 1.807) is 12.3 Å². The van der Waals surface area contributed by atoms with E-state index in [1.165, 1.54) is 6.07 Å². The maximum Gasteiger partial charge on any atom is 0.306 e. The number of aliphatic carboxylic acids is 1. The SMILES string of the molecule is CC(CC(=O)N1CCCC2C(C(=O)O)CCCC21)c1cn(C)c2nccc(-c3ccc(F)s3)c12. The highest BCUT2D eigenvalue weighted by Crippen LogP contribution is 2.41. The van der Waals surface area contributed by atoms with Crippen LogP contribution in [0.5, 0.6) is 0 Å². The van der Waals surface area contributed by atoms with Crippen molar-refractivity contribution >= 4 is 34.2 Å². The van der Waals surface area contributed by atoms with Crippen molar-refractivity contribution in [3.63, 3.8) is 0 Å². The zero-order valence-corrected chi connectivity index (χ0v) is 20.4. The van der Waals surface area contributed by atoms with Gasteiger partial charge in [0, 0.05) is 54.3 Å². The minimum absolute atomic E-state index is 0.0298. The van der Waals surface area contributed by atoms with Crippen LogP contribution in [0.3, 0.4) is 0 Å². The molecule has 34 heavy (non-hydrogen) atoms. The van der Waals surface area contributed by atoms with Crippen molar-refractivity contribution in [1.82, 2.24) is 14.5 Å². The molecule has 4 heterocycles. The third-order valence-corrected chi connectivity index (χ3v) is 8.64. The molecule has 4 atom stereocenters. The molecule has 3 aromatic rings. The molecule has 0 aromatic carbocycles. The summed E-state index contributed by atoms with van der Waals surface area (Å²) in [5, 5.41) is 10.4. The quantitative estimate of drug-likeness (QED) is 0.525. The first-order valence-corrected chi connectivity index (χ1v) is 12.9. The van der Waals surface area contributed by atoms with Crippen molar-refractivity contribution in [2.24, 2.45) is 18.9 Å². The molecule has 8 heteroatoms. The highest BCUT2D eigenvalue weighted by atomic mass is 32.1. The first-order valence-electron chi connectivity index (χ1n) is 12.1. The molecule has 0 bridgehead atoms. The van der Waals surface area contributed by atoms with Crippen LogP contribution in [0.25, 0.3) is 21.5 Å². The van der Waals surface area contributed by atoms with Crippen molar-refractivity contribution in [2.45, 2.75) is 57.4 Å². The van der Waals surface area contributed by atoms with E-state index in [2.05, 4.69) is 11.9 Å². The van der Waals surface area contributed by atoms with Crippen LogP contribution < -0.4 is 0 Å². The molecule has 1 aliphatic carbocycles. The number of carboxylic acid groups (broad SMARTS) is 1. The number of halogens is 1. The topological polar surface area (TPSA) is 75.4 Å². The molecule has 2 fully saturated rings. The van der Waals surface area contributed by atoms with Crippen LogP contribution in [0.4, 0.5) is 4.39 Å². The Hall–Kier alpha value is -2.74. The lowest BCUT2D eigenvalue weighted by molar-refractivity contribution is -0.152. The van der Waals surface area contributed by atoms with Gasteiger partial charge in [0.15, 0.2) is 5.13 Å². The number of pyridine rings is 1. The van der Waals surface area contributed by atoms with Gasteiger partial charge in [-0.3, -0.25) is 9.59 Å². The molecule has 180 valence electrons. The summed E-state index contributed by atoms with van der Waals surface area (Å²) in [5.74, 6) is -0.967. The Morgan fingerprint density at radius 2 is 2.06 bits per heavy atom. The van der Waals surface area contributed by atoms with Gasteiger partial charge in [0.25, 0.3) is 0 Å². The largest absolute Gasteiger partial charge is 0.481 e. The van der Waals surface area contributed by atoms with E-state index in [4.69, 9.17) is 0 Å². The van der Waals surface area contributed by atoms with Gasteiger partial charge in [-0.05, 0) is 61.3 Å². The van der Waals surface area contributed by atoms with Crippen LogP contribution in [0.2, 0.25) is 0 Å². The minimum Gasteiger partial charge on any atom is -0.481 e. The van der Waals surface area contributed by atoms with Gasteiger partial charge in [-0.2, -0.15) is 4.39 Å². The number of nitrogens with zero attached hydrogens (tertiary/aromatic N) is 3. The van der Waals surface area contributed by atoms with Gasteiger partial charge in [0.05, 0.1) is 5.92 Å². The third-order valence-electron chi connectivity index (χ3n) is 7.74. The summed E-state index contributed by atoms with van der Waals surface area (Å²) < 4.78 is 15.7. The van der Waals surface area contributed by atoms with Crippen molar-refractivity contribution in [3.8, 4) is 10.4 Å². The Kier molecular flexibility index (Phi) is 6.18. The molecule has 0 radical (unpaired) electrons. The average molecular weight is 484 g/mol. The maximum atomic E-state index is 13.8. The molecule has 1 N–H and O–H groups in total. The number of carboxylic acids is 1. The molecular weight excluding hydrogens is 453 g/mol. The van der Waals surface area contributed by atoms with E-state index in [0.29, 0.717) is 19.4 Å². The fourth-order valence-electron chi connectivity index (χ4n) is 6.17. The zero-order valence-electron chi connectivity index (χ0n) is 19.5. The van der Waals surface area contributed by atoms with E-state index in [-0.39, 0.29) is 34.8 Å². The Balaban J connectivity index is 1.42. The smallest absolute Gasteiger partial charge is 0.306 e. The standard InChI is InChI=1S/C26H30FN3O3S/c1-15(13-23(31)30-12-4-6-16-17(26(32)33)5-3-7-20(16)30)19-14-29(2)25-24(19)18(10-11-28-25)21-8-9-22(27)34-21/h8-11,14-17,20H,3-7,12-13H2,1-2H3,(H,32,33). The summed E-state index contributed by atoms with van der Waals surface area (Å²) in [6.07, 6.45) is 8.33. The highest BCUT2D eigenvalue weighted by Gasteiger charge is 2.43. The normalized spacial score (nSPS) is 23.6. The number of amides is 1. The molecule has 0 spiro atoms. The predicted molar refractivity (Wildman–Crippen MR) is 130 cm³/mol. The van der Waals surface area contributed by atoms with Gasteiger partial charge < -0.3 is 14.6 Å². The second-order valence-corrected chi connectivity index (χ2v) is 10.8. The third kappa shape index (κ3) is 4.02. The first-order chi connectivity index (χ1) is 16.3. The van der Waals surface area contributed by atoms with Gasteiger partial charge in [-0.1, -0.05) is 13.3 Å². The number of thiophene rings is 1. The summed E-state index contributed by atoms with van der Waals surface area (Å²) in [6, 6.07) is 5.21. The van der Waals surface area contributed by atoms with Gasteiger partial charge in [0.1, 0.15) is 5.65 Å². The van der Waals surface area contributed by atoms with Crippen LogP contribution in [0.15, 0.2) is 30.6 Å². The van der Waals surface area contributed by atoms with E-state index in [0.717, 1.165) is 64.1 Å². The van der Waals surface area contributed by atoms with Crippen molar-refractivity contribution in [2.75, 3.05) is 6.54 Å². The maximum absolute atomic E-state index is 13.8. The molecule has 2 aliphatic rings. The lowest BCUT2D eigenvalue weighted by atomic mass is 9.71. The summed E-state index contributed by atoms with van der Waals surface area (Å²) in [7, 11) is 1.94. The van der Waals surface area contributed by atoms with Crippen LogP contribution >= 0.6 is 11.3 Å². The fraction of sp³-hybridized carbons (Fsp3) is 0.500. The predicted octanol–water partition coefficient (Wildman–Crippen LogP) is 5.43. The fourth-order valence-corrected chi connectivity index (χ4v) is 6.93. The van der Waals surface area contributed by atoms with E-state index < -0.39 is 5.97 Å². The molecule has 1 saturated heterocycles. The molecule has 3 aromatic heterocycles. The number of piperidine rings is 1. The summed E-state index contributed by atoms with van der Waals surface area (Å²) in [4.78, 5) is 32.7. The van der Waals surface area contributed by atoms with Crippen molar-refractivity contribution in [3.05, 3.63) is 41.3 Å². The summed E-state index contributed by atoms with van der Waals surface area (Å²) in [5.41, 5.74) is 2.78. The van der Waals surface area contributed by atoms with Crippen LogP contribution in [0, 0.1) is 17.0 Å². The first kappa shape index (κ1) is 23.0. The van der Waals surface area contributed by atoms with E-state index >= 15 is 0 Å². The molecule has 1 saturated carbocycles. The molecule has 1 aliphatic heterocycles. The van der Waals surface area contributed by atoms with Gasteiger partial charge >= 0.3 is 5.97 Å². The number of likely N-dealkylation sites (tertiary alicyclic amines) is 1. The average Bonchev–Trinajstić information content (AvgIpc) is 3.41. The second-order valence-electron chi connectivity index (χ2n) is 9.80. The van der Waals surface area contributed by atoms with E-state index in [1.807, 2.05) is 28.8 Å². The molecule has 5 rings (SSSR count). The van der Waals surface area contributed by atoms with Crippen LogP contribution in [-0.4, -0.2) is 44.0 Å². The number of fused-ring (bicyclic) bond motifs is 2. The number of aryl methyl sites for hydroxylation is 1. The number of hydrogen-bond donors (Lipinski definition) is 1. The molecular formula is C26H30FN3O3S. The van der Waals surface area contributed by atoms with Crippen LogP contribution in [0.1, 0.15) is 56.9 Å². The summed E-state index contributed by atoms with van der Waals surface area (Å²) in [6.45, 7) is 2.76. The lowest BCUT2D eigenvalue weighted by Gasteiger charge is -2.46. The number of hydrogen-bond acceptors (Lipinski definition) is 4. The summed E-state index contributed by atoms with van der Waals surface area (Å²) >= 11 is 1.11. The number of aromatic nitrogens is 2.